The molecule has 1 amide bonds. The molecule has 4 rings (SSSR count). The van der Waals surface area contributed by atoms with Gasteiger partial charge in [0, 0.05) is 26.2 Å². The summed E-state index contributed by atoms with van der Waals surface area (Å²) >= 11 is 1.51. The van der Waals surface area contributed by atoms with Crippen LogP contribution in [0.3, 0.4) is 0 Å². The van der Waals surface area contributed by atoms with Gasteiger partial charge < -0.3 is 9.32 Å². The normalized spacial score (nSPS) is 16.3. The summed E-state index contributed by atoms with van der Waals surface area (Å²) in [6.45, 7) is 1.30. The Balaban J connectivity index is 1.50. The van der Waals surface area contributed by atoms with Gasteiger partial charge in [0.15, 0.2) is 16.5 Å². The van der Waals surface area contributed by atoms with Crippen molar-refractivity contribution in [2.24, 2.45) is 0 Å². The summed E-state index contributed by atoms with van der Waals surface area (Å²) in [5.74, 6) is 0.571. The van der Waals surface area contributed by atoms with Gasteiger partial charge in [0.1, 0.15) is 0 Å². The van der Waals surface area contributed by atoms with Crippen LogP contribution in [-0.4, -0.2) is 60.9 Å². The molecule has 0 aliphatic carbocycles. The molecule has 26 heavy (non-hydrogen) atoms. The van der Waals surface area contributed by atoms with E-state index in [4.69, 9.17) is 4.42 Å². The molecule has 1 aliphatic heterocycles. The summed E-state index contributed by atoms with van der Waals surface area (Å²) in [6.07, 6.45) is 1.18. The van der Waals surface area contributed by atoms with Crippen LogP contribution in [0.1, 0.15) is 10.6 Å². The highest BCUT2D eigenvalue weighted by Crippen LogP contribution is 2.31. The highest BCUT2D eigenvalue weighted by atomic mass is 32.2. The van der Waals surface area contributed by atoms with E-state index < -0.39 is 10.0 Å². The Morgan fingerprint density at radius 1 is 1.12 bits per heavy atom. The molecule has 9 heteroatoms. The Morgan fingerprint density at radius 3 is 2.54 bits per heavy atom. The van der Waals surface area contributed by atoms with E-state index in [1.807, 2.05) is 24.3 Å². The SMILES string of the molecule is CS(=O)(=O)N1CCN(C(=O)c2ccc(-c3nc4ccccc4s3)o2)CC1. The minimum absolute atomic E-state index is 0.231. The van der Waals surface area contributed by atoms with Crippen molar-refractivity contribution >= 4 is 37.5 Å². The minimum Gasteiger partial charge on any atom is -0.448 e. The van der Waals surface area contributed by atoms with Crippen LogP contribution in [-0.2, 0) is 10.0 Å². The van der Waals surface area contributed by atoms with E-state index in [0.717, 1.165) is 15.2 Å². The number of carbonyl (C=O) groups excluding carboxylic acids is 1. The van der Waals surface area contributed by atoms with Gasteiger partial charge in [0.2, 0.25) is 10.0 Å². The first kappa shape index (κ1) is 17.2. The van der Waals surface area contributed by atoms with Crippen molar-refractivity contribution in [2.45, 2.75) is 0 Å². The number of nitrogens with zero attached hydrogens (tertiary/aromatic N) is 3. The number of hydrogen-bond donors (Lipinski definition) is 0. The number of sulfonamides is 1. The molecule has 0 unspecified atom stereocenters. The Hall–Kier alpha value is -2.23. The molecule has 1 fully saturated rings. The maximum absolute atomic E-state index is 12.6. The lowest BCUT2D eigenvalue weighted by atomic mass is 10.3. The number of para-hydroxylation sites is 1. The zero-order valence-corrected chi connectivity index (χ0v) is 15.7. The highest BCUT2D eigenvalue weighted by molar-refractivity contribution is 7.88. The first-order valence-electron chi connectivity index (χ1n) is 8.12. The monoisotopic (exact) mass is 391 g/mol. The molecule has 3 aromatic rings. The Bertz CT molecular complexity index is 1030. The van der Waals surface area contributed by atoms with Gasteiger partial charge >= 0.3 is 0 Å². The van der Waals surface area contributed by atoms with Gasteiger partial charge in [-0.3, -0.25) is 4.79 Å². The van der Waals surface area contributed by atoms with Gasteiger partial charge in [0.25, 0.3) is 5.91 Å². The molecule has 0 spiro atoms. The van der Waals surface area contributed by atoms with E-state index in [9.17, 15) is 13.2 Å². The lowest BCUT2D eigenvalue weighted by molar-refractivity contribution is 0.0667. The largest absolute Gasteiger partial charge is 0.448 e. The van der Waals surface area contributed by atoms with Crippen LogP contribution < -0.4 is 0 Å². The zero-order chi connectivity index (χ0) is 18.3. The molecular weight excluding hydrogens is 374 g/mol. The third kappa shape index (κ3) is 3.25. The third-order valence-electron chi connectivity index (χ3n) is 4.32. The van der Waals surface area contributed by atoms with Crippen molar-refractivity contribution in [1.29, 1.82) is 0 Å². The molecule has 1 aliphatic rings. The maximum Gasteiger partial charge on any atom is 0.289 e. The first-order valence-corrected chi connectivity index (χ1v) is 10.8. The van der Waals surface area contributed by atoms with Gasteiger partial charge in [-0.1, -0.05) is 12.1 Å². The fraction of sp³-hybridized carbons (Fsp3) is 0.294. The lowest BCUT2D eigenvalue weighted by Gasteiger charge is -2.32. The number of rotatable bonds is 3. The molecule has 1 aromatic carbocycles. The number of aromatic nitrogens is 1. The predicted molar refractivity (Wildman–Crippen MR) is 99.6 cm³/mol. The number of piperazine rings is 1. The smallest absolute Gasteiger partial charge is 0.289 e. The number of thiazole rings is 1. The number of fused-ring (bicyclic) bond motifs is 1. The van der Waals surface area contributed by atoms with Crippen LogP contribution in [0.5, 0.6) is 0 Å². The van der Waals surface area contributed by atoms with Gasteiger partial charge in [-0.25, -0.2) is 13.4 Å². The van der Waals surface area contributed by atoms with E-state index in [1.54, 1.807) is 17.0 Å². The molecule has 136 valence electrons. The first-order chi connectivity index (χ1) is 12.4. The molecule has 0 radical (unpaired) electrons. The number of hydrogen-bond acceptors (Lipinski definition) is 6. The van der Waals surface area contributed by atoms with Gasteiger partial charge in [-0.05, 0) is 24.3 Å². The van der Waals surface area contributed by atoms with E-state index >= 15 is 0 Å². The Kier molecular flexibility index (Phi) is 4.29. The molecule has 0 bridgehead atoms. The summed E-state index contributed by atoms with van der Waals surface area (Å²) < 4.78 is 31.3. The van der Waals surface area contributed by atoms with Crippen LogP contribution in [0.15, 0.2) is 40.8 Å². The maximum atomic E-state index is 12.6. The fourth-order valence-electron chi connectivity index (χ4n) is 2.92. The van der Waals surface area contributed by atoms with E-state index in [1.165, 1.54) is 21.9 Å². The van der Waals surface area contributed by atoms with Crippen molar-refractivity contribution in [3.8, 4) is 10.8 Å². The Morgan fingerprint density at radius 2 is 1.85 bits per heavy atom. The van der Waals surface area contributed by atoms with Crippen molar-refractivity contribution < 1.29 is 17.6 Å². The Labute approximate surface area is 154 Å². The van der Waals surface area contributed by atoms with Crippen molar-refractivity contribution in [1.82, 2.24) is 14.2 Å². The van der Waals surface area contributed by atoms with Crippen molar-refractivity contribution in [2.75, 3.05) is 32.4 Å². The van der Waals surface area contributed by atoms with E-state index in [2.05, 4.69) is 4.98 Å². The highest BCUT2D eigenvalue weighted by Gasteiger charge is 2.28. The summed E-state index contributed by atoms with van der Waals surface area (Å²) in [7, 11) is -3.22. The number of benzene rings is 1. The van der Waals surface area contributed by atoms with Crippen LogP contribution >= 0.6 is 11.3 Å². The third-order valence-corrected chi connectivity index (χ3v) is 6.67. The zero-order valence-electron chi connectivity index (χ0n) is 14.1. The average Bonchev–Trinajstić information content (AvgIpc) is 3.27. The van der Waals surface area contributed by atoms with Gasteiger partial charge in [-0.2, -0.15) is 4.31 Å². The molecule has 1 saturated heterocycles. The molecule has 3 heterocycles. The number of carbonyl (C=O) groups is 1. The second-order valence-electron chi connectivity index (χ2n) is 6.10. The van der Waals surface area contributed by atoms with Crippen molar-refractivity contribution in [3.05, 3.63) is 42.2 Å². The standard InChI is InChI=1S/C17H17N3O4S2/c1-26(22,23)20-10-8-19(9-11-20)17(21)14-7-6-13(24-14)16-18-12-4-2-3-5-15(12)25-16/h2-7H,8-11H2,1H3. The molecular formula is C17H17N3O4S2. The van der Waals surface area contributed by atoms with Crippen LogP contribution in [0.4, 0.5) is 0 Å². The van der Waals surface area contributed by atoms with Gasteiger partial charge in [0.05, 0.1) is 16.5 Å². The van der Waals surface area contributed by atoms with E-state index in [0.29, 0.717) is 31.9 Å². The molecule has 2 aromatic heterocycles. The lowest BCUT2D eigenvalue weighted by Crippen LogP contribution is -2.50. The summed E-state index contributed by atoms with van der Waals surface area (Å²) in [6, 6.07) is 11.2. The second-order valence-corrected chi connectivity index (χ2v) is 9.12. The fourth-order valence-corrected chi connectivity index (χ4v) is 4.68. The van der Waals surface area contributed by atoms with E-state index in [-0.39, 0.29) is 11.7 Å². The summed E-state index contributed by atoms with van der Waals surface area (Å²) in [5.41, 5.74) is 0.897. The summed E-state index contributed by atoms with van der Waals surface area (Å²) in [4.78, 5) is 18.8. The molecule has 0 atom stereocenters. The number of furan rings is 1. The molecule has 7 nitrogen and oxygen atoms in total. The minimum atomic E-state index is -3.22. The molecule has 0 N–H and O–H groups in total. The average molecular weight is 391 g/mol. The van der Waals surface area contributed by atoms with Gasteiger partial charge in [-0.15, -0.1) is 11.3 Å². The topological polar surface area (TPSA) is 83.7 Å². The molecule has 0 saturated carbocycles. The predicted octanol–water partition coefficient (Wildman–Crippen LogP) is 2.27. The quantitative estimate of drug-likeness (QED) is 0.684. The number of amides is 1. The van der Waals surface area contributed by atoms with Crippen LogP contribution in [0, 0.1) is 0 Å². The summed E-state index contributed by atoms with van der Waals surface area (Å²) in [5, 5.41) is 0.729. The van der Waals surface area contributed by atoms with Crippen LogP contribution in [0.2, 0.25) is 0 Å². The van der Waals surface area contributed by atoms with Crippen LogP contribution in [0.25, 0.3) is 21.0 Å². The van der Waals surface area contributed by atoms with Crippen molar-refractivity contribution in [3.63, 3.8) is 0 Å². The second kappa shape index (κ2) is 6.49.